The highest BCUT2D eigenvalue weighted by molar-refractivity contribution is 14.1. The second kappa shape index (κ2) is 12.5. The number of benzene rings is 2. The molecular formula is C31H32I3NO8S. The van der Waals surface area contributed by atoms with Crippen molar-refractivity contribution in [3.05, 3.63) is 52.2 Å². The maximum Gasteiger partial charge on any atom is 0.339 e. The number of amides is 1. The highest BCUT2D eigenvalue weighted by Crippen LogP contribution is 2.60. The standard InChI is InChI=1S/C31H32I3NO8S/c1-14(2)35-27-19-13-20(28(27)43-30(37)21-10-16(32)11-22(33)26(21)34)25(24(19)29(35)36)31(38)42-17-8-9-23(44(39,40)41)18(12-17)15-6-4-3-5-7-15/h8-12,14-15,19-20,24-25,27-28H,3-7,13H2,1-2H3,(H,39,40,41). The van der Waals surface area contributed by atoms with Crippen LogP contribution in [0.25, 0.3) is 0 Å². The molecule has 2 aromatic carbocycles. The number of likely N-dealkylation sites (tertiary alicyclic amines) is 1. The van der Waals surface area contributed by atoms with Crippen LogP contribution in [0.3, 0.4) is 0 Å². The molecule has 1 amide bonds. The fraction of sp³-hybridized carbons (Fsp3) is 0.516. The van der Waals surface area contributed by atoms with Crippen LogP contribution in [-0.4, -0.2) is 53.9 Å². The second-order valence-electron chi connectivity index (χ2n) is 12.5. The van der Waals surface area contributed by atoms with Crippen LogP contribution in [0, 0.1) is 34.4 Å². The molecule has 2 aromatic rings. The van der Waals surface area contributed by atoms with E-state index in [0.29, 0.717) is 17.5 Å². The number of rotatable bonds is 7. The first-order chi connectivity index (χ1) is 20.8. The van der Waals surface area contributed by atoms with Crippen molar-refractivity contribution in [1.29, 1.82) is 0 Å². The van der Waals surface area contributed by atoms with E-state index in [1.54, 1.807) is 17.0 Å². The molecule has 6 rings (SSSR count). The summed E-state index contributed by atoms with van der Waals surface area (Å²) in [5.74, 6) is -3.00. The largest absolute Gasteiger partial charge is 0.456 e. The lowest BCUT2D eigenvalue weighted by molar-refractivity contribution is -0.147. The van der Waals surface area contributed by atoms with E-state index in [1.165, 1.54) is 12.1 Å². The van der Waals surface area contributed by atoms with Gasteiger partial charge < -0.3 is 14.4 Å². The Labute approximate surface area is 297 Å². The number of hydrogen-bond acceptors (Lipinski definition) is 7. The van der Waals surface area contributed by atoms with Gasteiger partial charge in [-0.15, -0.1) is 0 Å². The molecule has 1 saturated heterocycles. The molecule has 2 bridgehead atoms. The summed E-state index contributed by atoms with van der Waals surface area (Å²) in [6.07, 6.45) is 4.42. The average Bonchev–Trinajstić information content (AvgIpc) is 3.58. The van der Waals surface area contributed by atoms with Crippen molar-refractivity contribution in [2.75, 3.05) is 0 Å². The molecule has 9 nitrogen and oxygen atoms in total. The van der Waals surface area contributed by atoms with Crippen molar-refractivity contribution >= 4 is 95.7 Å². The number of esters is 2. The zero-order chi connectivity index (χ0) is 31.7. The number of hydrogen-bond donors (Lipinski definition) is 1. The van der Waals surface area contributed by atoms with E-state index in [0.717, 1.165) is 42.8 Å². The summed E-state index contributed by atoms with van der Waals surface area (Å²) in [7, 11) is -4.47. The number of carbonyl (C=O) groups is 3. The monoisotopic (exact) mass is 959 g/mol. The van der Waals surface area contributed by atoms with E-state index < -0.39 is 45.9 Å². The second-order valence-corrected chi connectivity index (χ2v) is 17.4. The lowest BCUT2D eigenvalue weighted by Crippen LogP contribution is -2.48. The van der Waals surface area contributed by atoms with Gasteiger partial charge in [0.15, 0.2) is 0 Å². The van der Waals surface area contributed by atoms with Gasteiger partial charge in [-0.1, -0.05) is 19.3 Å². The fourth-order valence-corrected chi connectivity index (χ4v) is 11.2. The normalized spacial score (nSPS) is 28.2. The lowest BCUT2D eigenvalue weighted by atomic mass is 9.78. The summed E-state index contributed by atoms with van der Waals surface area (Å²) in [6, 6.07) is 7.52. The summed E-state index contributed by atoms with van der Waals surface area (Å²) in [5, 5.41) is 0. The van der Waals surface area contributed by atoms with Gasteiger partial charge in [-0.2, -0.15) is 8.42 Å². The quantitative estimate of drug-likeness (QED) is 0.111. The molecule has 3 saturated carbocycles. The SMILES string of the molecule is CC(C)N1C(=O)C2C3CC(C(OC(=O)c4cc(I)cc(I)c4I)C31)C2C(=O)Oc1ccc(S(=O)(=O)O)c(C2CCCCC2)c1. The molecular weight excluding hydrogens is 927 g/mol. The Kier molecular flexibility index (Phi) is 9.36. The number of nitrogens with zero attached hydrogens (tertiary/aromatic N) is 1. The number of halogens is 3. The fourth-order valence-electron chi connectivity index (χ4n) is 8.06. The number of fused-ring (bicyclic) bond motifs is 1. The van der Waals surface area contributed by atoms with Gasteiger partial charge >= 0.3 is 11.9 Å². The third kappa shape index (κ3) is 5.82. The highest BCUT2D eigenvalue weighted by Gasteiger charge is 2.71. The van der Waals surface area contributed by atoms with Crippen LogP contribution >= 0.6 is 67.8 Å². The predicted molar refractivity (Wildman–Crippen MR) is 186 cm³/mol. The Bertz CT molecular complexity index is 1640. The molecule has 4 aliphatic rings. The van der Waals surface area contributed by atoms with Crippen LogP contribution in [0.1, 0.15) is 74.2 Å². The van der Waals surface area contributed by atoms with Gasteiger partial charge in [0.1, 0.15) is 11.9 Å². The van der Waals surface area contributed by atoms with E-state index >= 15 is 0 Å². The third-order valence-corrected chi connectivity index (χ3v) is 14.3. The van der Waals surface area contributed by atoms with Crippen molar-refractivity contribution in [1.82, 2.24) is 4.90 Å². The van der Waals surface area contributed by atoms with Gasteiger partial charge in [-0.05, 0) is 149 Å². The molecule has 6 atom stereocenters. The maximum absolute atomic E-state index is 13.9. The molecule has 236 valence electrons. The molecule has 0 aromatic heterocycles. The summed E-state index contributed by atoms with van der Waals surface area (Å²) >= 11 is 6.49. The smallest absolute Gasteiger partial charge is 0.339 e. The molecule has 1 aliphatic heterocycles. The molecule has 1 N–H and O–H groups in total. The molecule has 4 fully saturated rings. The number of ether oxygens (including phenoxy) is 2. The molecule has 6 unspecified atom stereocenters. The first kappa shape index (κ1) is 32.9. The van der Waals surface area contributed by atoms with Gasteiger partial charge in [0.05, 0.1) is 28.3 Å². The van der Waals surface area contributed by atoms with E-state index in [4.69, 9.17) is 9.47 Å². The molecule has 0 radical (unpaired) electrons. The van der Waals surface area contributed by atoms with Gasteiger partial charge in [-0.25, -0.2) is 4.79 Å². The summed E-state index contributed by atoms with van der Waals surface area (Å²) in [4.78, 5) is 42.9. The average molecular weight is 959 g/mol. The zero-order valence-electron chi connectivity index (χ0n) is 24.0. The van der Waals surface area contributed by atoms with Crippen molar-refractivity contribution in [3.63, 3.8) is 0 Å². The first-order valence-electron chi connectivity index (χ1n) is 14.8. The lowest BCUT2D eigenvalue weighted by Gasteiger charge is -2.35. The zero-order valence-corrected chi connectivity index (χ0v) is 31.3. The Balaban J connectivity index is 1.31. The minimum Gasteiger partial charge on any atom is -0.456 e. The maximum atomic E-state index is 13.9. The summed E-state index contributed by atoms with van der Waals surface area (Å²) < 4.78 is 49.0. The van der Waals surface area contributed by atoms with Gasteiger partial charge in [0, 0.05) is 22.7 Å². The minimum absolute atomic E-state index is 0.0747. The van der Waals surface area contributed by atoms with E-state index in [1.807, 2.05) is 19.9 Å². The van der Waals surface area contributed by atoms with Gasteiger partial charge in [-0.3, -0.25) is 14.1 Å². The third-order valence-electron chi connectivity index (χ3n) is 9.72. The van der Waals surface area contributed by atoms with Gasteiger partial charge in [0.2, 0.25) is 5.91 Å². The van der Waals surface area contributed by atoms with Crippen LogP contribution in [0.2, 0.25) is 0 Å². The van der Waals surface area contributed by atoms with E-state index in [-0.39, 0.29) is 40.5 Å². The van der Waals surface area contributed by atoms with Crippen molar-refractivity contribution in [2.45, 2.75) is 81.4 Å². The molecule has 44 heavy (non-hydrogen) atoms. The van der Waals surface area contributed by atoms with Crippen molar-refractivity contribution in [2.24, 2.45) is 23.7 Å². The van der Waals surface area contributed by atoms with Crippen LogP contribution in [0.5, 0.6) is 5.75 Å². The Morgan fingerprint density at radius 1 is 1.02 bits per heavy atom. The molecule has 3 aliphatic carbocycles. The molecule has 1 heterocycles. The van der Waals surface area contributed by atoms with Crippen LogP contribution in [0.15, 0.2) is 35.2 Å². The molecule has 13 heteroatoms. The van der Waals surface area contributed by atoms with Crippen LogP contribution in [0.4, 0.5) is 0 Å². The number of carbonyl (C=O) groups excluding carboxylic acids is 3. The topological polar surface area (TPSA) is 127 Å². The van der Waals surface area contributed by atoms with Crippen LogP contribution in [-0.2, 0) is 24.4 Å². The summed E-state index contributed by atoms with van der Waals surface area (Å²) in [5.41, 5.74) is 0.900. The van der Waals surface area contributed by atoms with Crippen molar-refractivity contribution < 1.29 is 36.8 Å². The predicted octanol–water partition coefficient (Wildman–Crippen LogP) is 6.43. The van der Waals surface area contributed by atoms with E-state index in [2.05, 4.69) is 67.8 Å². The highest BCUT2D eigenvalue weighted by atomic mass is 127. The Hall–Kier alpha value is -1.05. The first-order valence-corrected chi connectivity index (χ1v) is 19.5. The van der Waals surface area contributed by atoms with Crippen molar-refractivity contribution in [3.8, 4) is 5.75 Å². The van der Waals surface area contributed by atoms with Crippen LogP contribution < -0.4 is 4.74 Å². The van der Waals surface area contributed by atoms with E-state index in [9.17, 15) is 27.4 Å². The minimum atomic E-state index is -4.47. The molecule has 0 spiro atoms. The summed E-state index contributed by atoms with van der Waals surface area (Å²) in [6.45, 7) is 3.85. The Morgan fingerprint density at radius 2 is 1.73 bits per heavy atom. The Morgan fingerprint density at radius 3 is 2.39 bits per heavy atom. The van der Waals surface area contributed by atoms with Gasteiger partial charge in [0.25, 0.3) is 10.1 Å².